The molecule has 0 radical (unpaired) electrons. The van der Waals surface area contributed by atoms with E-state index in [2.05, 4.69) is 15.5 Å². The molecule has 100 valence electrons. The molecule has 0 atom stereocenters. The van der Waals surface area contributed by atoms with Crippen LogP contribution < -0.4 is 11.1 Å². The maximum atomic E-state index is 12.8. The maximum Gasteiger partial charge on any atom is 0.418 e. The van der Waals surface area contributed by atoms with Crippen molar-refractivity contribution in [3.05, 3.63) is 47.8 Å². The molecule has 0 amide bonds. The topological polar surface area (TPSA) is 63.8 Å². The minimum atomic E-state index is -4.46. The van der Waals surface area contributed by atoms with Gasteiger partial charge >= 0.3 is 6.18 Å². The first-order valence-corrected chi connectivity index (χ1v) is 5.44. The summed E-state index contributed by atoms with van der Waals surface area (Å²) in [5.74, 6) is 0. The number of nitrogens with one attached hydrogen (secondary N) is 1. The van der Waals surface area contributed by atoms with E-state index in [9.17, 15) is 13.2 Å². The number of nitrogens with two attached hydrogens (primary N) is 1. The average molecular weight is 268 g/mol. The second-order valence-electron chi connectivity index (χ2n) is 3.87. The van der Waals surface area contributed by atoms with Crippen molar-refractivity contribution in [1.82, 2.24) is 10.2 Å². The summed E-state index contributed by atoms with van der Waals surface area (Å²) in [4.78, 5) is 0. The standard InChI is InChI=1S/C12H11F3N4/c13-12(14,15)10-6-8(16)3-4-11(10)17-7-9-2-1-5-18-19-9/h1-6,17H,7,16H2. The fraction of sp³-hybridized carbons (Fsp3) is 0.167. The van der Waals surface area contributed by atoms with Gasteiger partial charge in [-0.2, -0.15) is 23.4 Å². The van der Waals surface area contributed by atoms with Crippen LogP contribution in [0, 0.1) is 0 Å². The number of alkyl halides is 3. The number of benzene rings is 1. The monoisotopic (exact) mass is 268 g/mol. The molecule has 0 aliphatic rings. The molecule has 2 rings (SSSR count). The second-order valence-corrected chi connectivity index (χ2v) is 3.87. The minimum Gasteiger partial charge on any atom is -0.399 e. The Morgan fingerprint density at radius 1 is 1.21 bits per heavy atom. The summed E-state index contributed by atoms with van der Waals surface area (Å²) in [7, 11) is 0. The Kier molecular flexibility index (Phi) is 3.55. The van der Waals surface area contributed by atoms with E-state index in [1.807, 2.05) is 0 Å². The van der Waals surface area contributed by atoms with Crippen LogP contribution >= 0.6 is 0 Å². The van der Waals surface area contributed by atoms with Crippen molar-refractivity contribution in [2.75, 3.05) is 11.1 Å². The van der Waals surface area contributed by atoms with Crippen LogP contribution in [-0.2, 0) is 12.7 Å². The Morgan fingerprint density at radius 2 is 2.00 bits per heavy atom. The lowest BCUT2D eigenvalue weighted by molar-refractivity contribution is -0.136. The summed E-state index contributed by atoms with van der Waals surface area (Å²) >= 11 is 0. The van der Waals surface area contributed by atoms with E-state index in [1.54, 1.807) is 12.1 Å². The molecule has 1 heterocycles. The Labute approximate surface area is 107 Å². The molecule has 3 N–H and O–H groups in total. The summed E-state index contributed by atoms with van der Waals surface area (Å²) in [5.41, 5.74) is 5.17. The molecule has 2 aromatic rings. The first-order valence-electron chi connectivity index (χ1n) is 5.44. The van der Waals surface area contributed by atoms with E-state index < -0.39 is 11.7 Å². The summed E-state index contributed by atoms with van der Waals surface area (Å²) in [6.07, 6.45) is -2.96. The van der Waals surface area contributed by atoms with E-state index in [0.717, 1.165) is 6.07 Å². The van der Waals surface area contributed by atoms with Crippen LogP contribution in [0.25, 0.3) is 0 Å². The lowest BCUT2D eigenvalue weighted by atomic mass is 10.1. The molecule has 0 unspecified atom stereocenters. The van der Waals surface area contributed by atoms with Crippen LogP contribution in [0.2, 0.25) is 0 Å². The minimum absolute atomic E-state index is 0.0349. The lowest BCUT2D eigenvalue weighted by Gasteiger charge is -2.14. The number of hydrogen-bond acceptors (Lipinski definition) is 4. The molecule has 0 saturated heterocycles. The van der Waals surface area contributed by atoms with Crippen molar-refractivity contribution in [3.63, 3.8) is 0 Å². The van der Waals surface area contributed by atoms with Gasteiger partial charge in [0.15, 0.2) is 0 Å². The number of nitrogen functional groups attached to an aromatic ring is 1. The highest BCUT2D eigenvalue weighted by Crippen LogP contribution is 2.36. The van der Waals surface area contributed by atoms with Gasteiger partial charge in [-0.1, -0.05) is 0 Å². The summed E-state index contributed by atoms with van der Waals surface area (Å²) in [6, 6.07) is 6.95. The van der Waals surface area contributed by atoms with Gasteiger partial charge in [0.05, 0.1) is 17.8 Å². The van der Waals surface area contributed by atoms with Crippen LogP contribution in [0.1, 0.15) is 11.3 Å². The number of aromatic nitrogens is 2. The van der Waals surface area contributed by atoms with Gasteiger partial charge < -0.3 is 11.1 Å². The Hall–Kier alpha value is -2.31. The number of rotatable bonds is 3. The molecule has 1 aromatic carbocycles. The van der Waals surface area contributed by atoms with Gasteiger partial charge in [-0.05, 0) is 30.3 Å². The van der Waals surface area contributed by atoms with E-state index in [0.29, 0.717) is 5.69 Å². The number of nitrogens with zero attached hydrogens (tertiary/aromatic N) is 2. The van der Waals surface area contributed by atoms with E-state index in [4.69, 9.17) is 5.73 Å². The quantitative estimate of drug-likeness (QED) is 0.840. The summed E-state index contributed by atoms with van der Waals surface area (Å²) in [6.45, 7) is 0.154. The van der Waals surface area contributed by atoms with Gasteiger partial charge in [0.25, 0.3) is 0 Å². The van der Waals surface area contributed by atoms with Crippen molar-refractivity contribution >= 4 is 11.4 Å². The van der Waals surface area contributed by atoms with Crippen molar-refractivity contribution < 1.29 is 13.2 Å². The largest absolute Gasteiger partial charge is 0.418 e. The molecule has 0 aliphatic heterocycles. The van der Waals surface area contributed by atoms with Gasteiger partial charge in [0, 0.05) is 17.6 Å². The Balaban J connectivity index is 2.21. The van der Waals surface area contributed by atoms with E-state index in [1.165, 1.54) is 18.3 Å². The Bertz CT molecular complexity index is 555. The van der Waals surface area contributed by atoms with Crippen LogP contribution in [0.15, 0.2) is 36.5 Å². The molecule has 0 bridgehead atoms. The fourth-order valence-corrected chi connectivity index (χ4v) is 1.56. The van der Waals surface area contributed by atoms with Crippen molar-refractivity contribution in [3.8, 4) is 0 Å². The van der Waals surface area contributed by atoms with Crippen LogP contribution in [0.5, 0.6) is 0 Å². The average Bonchev–Trinajstić information content (AvgIpc) is 2.37. The van der Waals surface area contributed by atoms with E-state index >= 15 is 0 Å². The highest BCUT2D eigenvalue weighted by atomic mass is 19.4. The lowest BCUT2D eigenvalue weighted by Crippen LogP contribution is -2.12. The highest BCUT2D eigenvalue weighted by Gasteiger charge is 2.33. The van der Waals surface area contributed by atoms with Gasteiger partial charge in [-0.3, -0.25) is 0 Å². The first-order chi connectivity index (χ1) is 8.97. The number of hydrogen-bond donors (Lipinski definition) is 2. The van der Waals surface area contributed by atoms with Crippen LogP contribution in [0.3, 0.4) is 0 Å². The molecule has 7 heteroatoms. The first kappa shape index (κ1) is 13.1. The van der Waals surface area contributed by atoms with Gasteiger partial charge in [0.2, 0.25) is 0 Å². The number of halogens is 3. The van der Waals surface area contributed by atoms with Crippen LogP contribution in [0.4, 0.5) is 24.5 Å². The predicted octanol–water partition coefficient (Wildman–Crippen LogP) is 2.69. The fourth-order valence-electron chi connectivity index (χ4n) is 1.56. The zero-order valence-electron chi connectivity index (χ0n) is 9.78. The summed E-state index contributed by atoms with van der Waals surface area (Å²) < 4.78 is 38.5. The van der Waals surface area contributed by atoms with Gasteiger partial charge in [-0.15, -0.1) is 0 Å². The van der Waals surface area contributed by atoms with Gasteiger partial charge in [0.1, 0.15) is 0 Å². The van der Waals surface area contributed by atoms with E-state index in [-0.39, 0.29) is 17.9 Å². The highest BCUT2D eigenvalue weighted by molar-refractivity contribution is 5.59. The third-order valence-electron chi connectivity index (χ3n) is 2.44. The summed E-state index contributed by atoms with van der Waals surface area (Å²) in [5, 5.41) is 10.1. The molecule has 0 spiro atoms. The SMILES string of the molecule is Nc1ccc(NCc2cccnn2)c(C(F)(F)F)c1. The third-order valence-corrected chi connectivity index (χ3v) is 2.44. The number of anilines is 2. The molecule has 1 aromatic heterocycles. The normalized spacial score (nSPS) is 11.3. The van der Waals surface area contributed by atoms with Crippen molar-refractivity contribution in [1.29, 1.82) is 0 Å². The molecule has 4 nitrogen and oxygen atoms in total. The maximum absolute atomic E-state index is 12.8. The third kappa shape index (κ3) is 3.34. The Morgan fingerprint density at radius 3 is 2.63 bits per heavy atom. The van der Waals surface area contributed by atoms with Gasteiger partial charge in [-0.25, -0.2) is 0 Å². The molecular weight excluding hydrogens is 257 g/mol. The van der Waals surface area contributed by atoms with Crippen LogP contribution in [-0.4, -0.2) is 10.2 Å². The molecular formula is C12H11F3N4. The second kappa shape index (κ2) is 5.13. The smallest absolute Gasteiger partial charge is 0.399 e. The zero-order valence-corrected chi connectivity index (χ0v) is 9.78. The molecule has 19 heavy (non-hydrogen) atoms. The van der Waals surface area contributed by atoms with Crippen molar-refractivity contribution in [2.45, 2.75) is 12.7 Å². The molecule has 0 saturated carbocycles. The molecule has 0 aliphatic carbocycles. The predicted molar refractivity (Wildman–Crippen MR) is 65.2 cm³/mol. The zero-order chi connectivity index (χ0) is 13.9. The molecule has 0 fully saturated rings. The van der Waals surface area contributed by atoms with Crippen molar-refractivity contribution in [2.24, 2.45) is 0 Å².